The molecule has 2 N–H and O–H groups in total. The lowest BCUT2D eigenvalue weighted by Gasteiger charge is -1.98. The molecule has 0 aromatic carbocycles. The molecule has 0 spiro atoms. The van der Waals surface area contributed by atoms with E-state index in [4.69, 9.17) is 5.11 Å². The van der Waals surface area contributed by atoms with Gasteiger partial charge in [0.15, 0.2) is 5.69 Å². The standard InChI is InChI=1S/C7H8N2O2/c1-8-6-4-2-3-5(9-6)7(10)11/h2-4H,1H3,(H,8,9)(H,10,11). The van der Waals surface area contributed by atoms with E-state index in [1.165, 1.54) is 6.07 Å². The molecule has 1 rings (SSSR count). The normalized spacial score (nSPS) is 9.18. The van der Waals surface area contributed by atoms with Gasteiger partial charge >= 0.3 is 5.97 Å². The number of carboxylic acids is 1. The molecular formula is C7H8N2O2. The summed E-state index contributed by atoms with van der Waals surface area (Å²) in [5.74, 6) is -0.452. The molecular weight excluding hydrogens is 144 g/mol. The molecule has 58 valence electrons. The fraction of sp³-hybridized carbons (Fsp3) is 0.143. The van der Waals surface area contributed by atoms with Crippen molar-refractivity contribution in [3.8, 4) is 0 Å². The molecule has 11 heavy (non-hydrogen) atoms. The lowest BCUT2D eigenvalue weighted by Crippen LogP contribution is -2.02. The highest BCUT2D eigenvalue weighted by Gasteiger charge is 2.02. The Balaban J connectivity index is 3.01. The third-order valence-corrected chi connectivity index (χ3v) is 1.22. The van der Waals surface area contributed by atoms with Gasteiger partial charge in [-0.1, -0.05) is 6.07 Å². The number of nitrogens with zero attached hydrogens (tertiary/aromatic N) is 1. The number of nitrogens with one attached hydrogen (secondary N) is 1. The van der Waals surface area contributed by atoms with Crippen molar-refractivity contribution in [3.63, 3.8) is 0 Å². The van der Waals surface area contributed by atoms with E-state index in [1.807, 2.05) is 0 Å². The Morgan fingerprint density at radius 1 is 1.64 bits per heavy atom. The predicted molar refractivity (Wildman–Crippen MR) is 40.7 cm³/mol. The number of anilines is 1. The van der Waals surface area contributed by atoms with E-state index in [1.54, 1.807) is 19.2 Å². The van der Waals surface area contributed by atoms with Crippen LogP contribution in [0.2, 0.25) is 0 Å². The molecule has 1 aromatic rings. The van der Waals surface area contributed by atoms with Crippen molar-refractivity contribution in [2.24, 2.45) is 0 Å². The summed E-state index contributed by atoms with van der Waals surface area (Å²) in [6.45, 7) is 0. The van der Waals surface area contributed by atoms with E-state index < -0.39 is 5.97 Å². The van der Waals surface area contributed by atoms with E-state index in [0.717, 1.165) is 0 Å². The molecule has 4 heteroatoms. The van der Waals surface area contributed by atoms with Gasteiger partial charge in [0.1, 0.15) is 5.82 Å². The van der Waals surface area contributed by atoms with E-state index in [0.29, 0.717) is 5.82 Å². The van der Waals surface area contributed by atoms with E-state index in [-0.39, 0.29) is 5.69 Å². The number of hydrogen-bond donors (Lipinski definition) is 2. The summed E-state index contributed by atoms with van der Waals surface area (Å²) in [6, 6.07) is 4.79. The minimum Gasteiger partial charge on any atom is -0.477 e. The molecule has 0 aliphatic heterocycles. The fourth-order valence-electron chi connectivity index (χ4n) is 0.693. The van der Waals surface area contributed by atoms with Crippen LogP contribution in [0.15, 0.2) is 18.2 Å². The molecule has 0 amide bonds. The van der Waals surface area contributed by atoms with Crippen molar-refractivity contribution in [3.05, 3.63) is 23.9 Å². The number of carboxylic acid groups (broad SMARTS) is 1. The third kappa shape index (κ3) is 1.67. The van der Waals surface area contributed by atoms with Crippen LogP contribution in [0.5, 0.6) is 0 Å². The molecule has 0 bridgehead atoms. The Hall–Kier alpha value is -1.58. The molecule has 0 fully saturated rings. The summed E-state index contributed by atoms with van der Waals surface area (Å²) < 4.78 is 0. The van der Waals surface area contributed by atoms with Crippen LogP contribution in [-0.2, 0) is 0 Å². The van der Waals surface area contributed by atoms with Gasteiger partial charge in [0.2, 0.25) is 0 Å². The lowest BCUT2D eigenvalue weighted by molar-refractivity contribution is 0.0690. The summed E-state index contributed by atoms with van der Waals surface area (Å²) in [5, 5.41) is 11.3. The van der Waals surface area contributed by atoms with Crippen LogP contribution in [-0.4, -0.2) is 23.1 Å². The Morgan fingerprint density at radius 3 is 2.91 bits per heavy atom. The molecule has 0 atom stereocenters. The van der Waals surface area contributed by atoms with Gasteiger partial charge in [0.05, 0.1) is 0 Å². The minimum atomic E-state index is -1.01. The van der Waals surface area contributed by atoms with Crippen molar-refractivity contribution < 1.29 is 9.90 Å². The zero-order chi connectivity index (χ0) is 8.27. The number of hydrogen-bond acceptors (Lipinski definition) is 3. The van der Waals surface area contributed by atoms with Crippen LogP contribution in [0.4, 0.5) is 5.82 Å². The van der Waals surface area contributed by atoms with Gasteiger partial charge in [-0.3, -0.25) is 0 Å². The first-order chi connectivity index (χ1) is 5.24. The average Bonchev–Trinajstić information content (AvgIpc) is 2.05. The Morgan fingerprint density at radius 2 is 2.36 bits per heavy atom. The van der Waals surface area contributed by atoms with Crippen molar-refractivity contribution in [2.75, 3.05) is 12.4 Å². The van der Waals surface area contributed by atoms with Crippen molar-refractivity contribution in [1.29, 1.82) is 0 Å². The van der Waals surface area contributed by atoms with Crippen molar-refractivity contribution in [2.45, 2.75) is 0 Å². The molecule has 4 nitrogen and oxygen atoms in total. The minimum absolute atomic E-state index is 0.0526. The SMILES string of the molecule is CNc1cccc(C(=O)O)n1. The smallest absolute Gasteiger partial charge is 0.354 e. The van der Waals surface area contributed by atoms with Crippen molar-refractivity contribution in [1.82, 2.24) is 4.98 Å². The molecule has 0 aliphatic carbocycles. The zero-order valence-corrected chi connectivity index (χ0v) is 6.03. The van der Waals surface area contributed by atoms with Gasteiger partial charge in [0.25, 0.3) is 0 Å². The van der Waals surface area contributed by atoms with E-state index in [9.17, 15) is 4.79 Å². The highest BCUT2D eigenvalue weighted by atomic mass is 16.4. The number of aromatic carboxylic acids is 1. The van der Waals surface area contributed by atoms with Gasteiger partial charge in [0, 0.05) is 7.05 Å². The summed E-state index contributed by atoms with van der Waals surface area (Å²) in [5.41, 5.74) is 0.0526. The average molecular weight is 152 g/mol. The lowest BCUT2D eigenvalue weighted by atomic mass is 10.3. The van der Waals surface area contributed by atoms with E-state index >= 15 is 0 Å². The van der Waals surface area contributed by atoms with Gasteiger partial charge in [-0.15, -0.1) is 0 Å². The maximum absolute atomic E-state index is 10.4. The third-order valence-electron chi connectivity index (χ3n) is 1.22. The summed E-state index contributed by atoms with van der Waals surface area (Å²) >= 11 is 0. The first-order valence-electron chi connectivity index (χ1n) is 3.12. The van der Waals surface area contributed by atoms with Gasteiger partial charge in [-0.25, -0.2) is 9.78 Å². The largest absolute Gasteiger partial charge is 0.477 e. The molecule has 0 saturated heterocycles. The van der Waals surface area contributed by atoms with Crippen LogP contribution in [0.25, 0.3) is 0 Å². The number of pyridine rings is 1. The topological polar surface area (TPSA) is 62.2 Å². The summed E-state index contributed by atoms with van der Waals surface area (Å²) in [7, 11) is 1.69. The number of rotatable bonds is 2. The number of carbonyl (C=O) groups is 1. The second kappa shape index (κ2) is 3.01. The maximum atomic E-state index is 10.4. The second-order valence-corrected chi connectivity index (χ2v) is 1.96. The second-order valence-electron chi connectivity index (χ2n) is 1.96. The first-order valence-corrected chi connectivity index (χ1v) is 3.12. The molecule has 0 radical (unpaired) electrons. The van der Waals surface area contributed by atoms with Gasteiger partial charge in [-0.05, 0) is 12.1 Å². The monoisotopic (exact) mass is 152 g/mol. The Kier molecular flexibility index (Phi) is 2.06. The van der Waals surface area contributed by atoms with Gasteiger partial charge in [-0.2, -0.15) is 0 Å². The molecule has 0 saturated carbocycles. The van der Waals surface area contributed by atoms with Gasteiger partial charge < -0.3 is 10.4 Å². The Bertz CT molecular complexity index is 273. The summed E-state index contributed by atoms with van der Waals surface area (Å²) in [4.78, 5) is 14.2. The van der Waals surface area contributed by atoms with Crippen molar-refractivity contribution >= 4 is 11.8 Å². The number of aromatic nitrogens is 1. The molecule has 1 aromatic heterocycles. The Labute approximate surface area is 63.9 Å². The quantitative estimate of drug-likeness (QED) is 0.658. The predicted octanol–water partition coefficient (Wildman–Crippen LogP) is 0.821. The molecule has 1 heterocycles. The van der Waals surface area contributed by atoms with E-state index in [2.05, 4.69) is 10.3 Å². The highest BCUT2D eigenvalue weighted by Crippen LogP contribution is 2.02. The highest BCUT2D eigenvalue weighted by molar-refractivity contribution is 5.85. The first kappa shape index (κ1) is 7.53. The van der Waals surface area contributed by atoms with Crippen LogP contribution in [0, 0.1) is 0 Å². The maximum Gasteiger partial charge on any atom is 0.354 e. The summed E-state index contributed by atoms with van der Waals surface area (Å²) in [6.07, 6.45) is 0. The zero-order valence-electron chi connectivity index (χ0n) is 6.03. The van der Waals surface area contributed by atoms with Crippen LogP contribution >= 0.6 is 0 Å². The van der Waals surface area contributed by atoms with Crippen LogP contribution in [0.1, 0.15) is 10.5 Å². The molecule has 0 unspecified atom stereocenters. The fourth-order valence-corrected chi connectivity index (χ4v) is 0.693. The van der Waals surface area contributed by atoms with Crippen LogP contribution in [0.3, 0.4) is 0 Å². The molecule has 0 aliphatic rings. The van der Waals surface area contributed by atoms with Crippen LogP contribution < -0.4 is 5.32 Å².